The standard InChI is InChI=1S/C13H13BrFN3O2S/c1-8(10-4-2-3-5-11(10)15)18-21(19,20)12-6-9(14)7-17-13(12)16/h2-8,18H,1H3,(H2,16,17). The first-order chi connectivity index (χ1) is 9.81. The normalized spacial score (nSPS) is 13.1. The summed E-state index contributed by atoms with van der Waals surface area (Å²) >= 11 is 3.14. The maximum absolute atomic E-state index is 13.7. The molecule has 5 nitrogen and oxygen atoms in total. The Kier molecular flexibility index (Phi) is 4.60. The summed E-state index contributed by atoms with van der Waals surface area (Å²) in [4.78, 5) is 3.63. The summed E-state index contributed by atoms with van der Waals surface area (Å²) in [7, 11) is -3.91. The van der Waals surface area contributed by atoms with Crippen molar-refractivity contribution in [2.24, 2.45) is 0 Å². The van der Waals surface area contributed by atoms with Crippen molar-refractivity contribution in [3.05, 3.63) is 52.4 Å². The number of aromatic nitrogens is 1. The van der Waals surface area contributed by atoms with Crippen molar-refractivity contribution in [3.63, 3.8) is 0 Å². The lowest BCUT2D eigenvalue weighted by Crippen LogP contribution is -2.28. The Labute approximate surface area is 130 Å². The van der Waals surface area contributed by atoms with Gasteiger partial charge in [-0.2, -0.15) is 0 Å². The Hall–Kier alpha value is -1.51. The van der Waals surface area contributed by atoms with Crippen LogP contribution < -0.4 is 10.5 Å². The van der Waals surface area contributed by atoms with E-state index in [1.807, 2.05) is 0 Å². The number of benzene rings is 1. The minimum atomic E-state index is -3.91. The molecule has 0 saturated heterocycles. The van der Waals surface area contributed by atoms with Gasteiger partial charge in [0.2, 0.25) is 10.0 Å². The zero-order valence-corrected chi connectivity index (χ0v) is 13.4. The Morgan fingerprint density at radius 1 is 1.38 bits per heavy atom. The number of nitrogen functional groups attached to an aromatic ring is 1. The number of halogens is 2. The van der Waals surface area contributed by atoms with E-state index in [9.17, 15) is 12.8 Å². The molecule has 3 N–H and O–H groups in total. The first-order valence-electron chi connectivity index (χ1n) is 5.99. The summed E-state index contributed by atoms with van der Waals surface area (Å²) < 4.78 is 41.2. The first kappa shape index (κ1) is 15.9. The number of hydrogen-bond acceptors (Lipinski definition) is 4. The molecule has 1 heterocycles. The highest BCUT2D eigenvalue weighted by atomic mass is 79.9. The monoisotopic (exact) mass is 373 g/mol. The molecule has 1 aromatic heterocycles. The van der Waals surface area contributed by atoms with Crippen molar-refractivity contribution in [2.75, 3.05) is 5.73 Å². The van der Waals surface area contributed by atoms with E-state index in [1.54, 1.807) is 13.0 Å². The molecule has 0 amide bonds. The van der Waals surface area contributed by atoms with Crippen LogP contribution in [0.25, 0.3) is 0 Å². The molecule has 1 atom stereocenters. The molecule has 0 fully saturated rings. The summed E-state index contributed by atoms with van der Waals surface area (Å²) in [6, 6.07) is 6.57. The fourth-order valence-corrected chi connectivity index (χ4v) is 3.64. The molecule has 112 valence electrons. The second-order valence-corrected chi connectivity index (χ2v) is 7.00. The van der Waals surface area contributed by atoms with E-state index in [1.165, 1.54) is 30.5 Å². The van der Waals surface area contributed by atoms with Crippen molar-refractivity contribution in [3.8, 4) is 0 Å². The highest BCUT2D eigenvalue weighted by Crippen LogP contribution is 2.23. The van der Waals surface area contributed by atoms with Gasteiger partial charge in [-0.05, 0) is 35.0 Å². The zero-order valence-electron chi connectivity index (χ0n) is 11.0. The average Bonchev–Trinajstić information content (AvgIpc) is 2.41. The molecule has 8 heteroatoms. The van der Waals surface area contributed by atoms with Crippen LogP contribution >= 0.6 is 15.9 Å². The molecule has 2 rings (SSSR count). The van der Waals surface area contributed by atoms with Crippen molar-refractivity contribution in [2.45, 2.75) is 17.9 Å². The van der Waals surface area contributed by atoms with Gasteiger partial charge in [-0.15, -0.1) is 0 Å². The van der Waals surface area contributed by atoms with Crippen LogP contribution in [0.4, 0.5) is 10.2 Å². The number of nitrogens with two attached hydrogens (primary N) is 1. The van der Waals surface area contributed by atoms with Gasteiger partial charge in [0, 0.05) is 22.3 Å². The van der Waals surface area contributed by atoms with E-state index < -0.39 is 21.9 Å². The third-order valence-electron chi connectivity index (χ3n) is 2.84. The van der Waals surface area contributed by atoms with Crippen LogP contribution in [0, 0.1) is 5.82 Å². The summed E-state index contributed by atoms with van der Waals surface area (Å²) in [5.74, 6) is -0.598. The van der Waals surface area contributed by atoms with Crippen LogP contribution in [0.3, 0.4) is 0 Å². The van der Waals surface area contributed by atoms with Gasteiger partial charge < -0.3 is 5.73 Å². The van der Waals surface area contributed by atoms with Gasteiger partial charge in [0.1, 0.15) is 16.5 Å². The number of nitrogens with one attached hydrogen (secondary N) is 1. The highest BCUT2D eigenvalue weighted by Gasteiger charge is 2.23. The molecule has 0 radical (unpaired) electrons. The van der Waals surface area contributed by atoms with Crippen molar-refractivity contribution in [1.82, 2.24) is 9.71 Å². The Morgan fingerprint density at radius 3 is 2.71 bits per heavy atom. The number of sulfonamides is 1. The maximum atomic E-state index is 13.7. The molecule has 0 saturated carbocycles. The van der Waals surface area contributed by atoms with Crippen LogP contribution in [-0.2, 0) is 10.0 Å². The molecule has 0 aliphatic heterocycles. The average molecular weight is 374 g/mol. The van der Waals surface area contributed by atoms with Crippen LogP contribution in [0.15, 0.2) is 45.9 Å². The summed E-state index contributed by atoms with van der Waals surface area (Å²) in [6.45, 7) is 1.55. The van der Waals surface area contributed by atoms with E-state index in [0.717, 1.165) is 0 Å². The van der Waals surface area contributed by atoms with Crippen molar-refractivity contribution < 1.29 is 12.8 Å². The third-order valence-corrected chi connectivity index (χ3v) is 4.85. The lowest BCUT2D eigenvalue weighted by molar-refractivity contribution is 0.550. The third kappa shape index (κ3) is 3.58. The summed E-state index contributed by atoms with van der Waals surface area (Å²) in [6.07, 6.45) is 1.40. The maximum Gasteiger partial charge on any atom is 0.244 e. The van der Waals surface area contributed by atoms with Gasteiger partial charge >= 0.3 is 0 Å². The minimum Gasteiger partial charge on any atom is -0.383 e. The lowest BCUT2D eigenvalue weighted by Gasteiger charge is -2.16. The van der Waals surface area contributed by atoms with Gasteiger partial charge in [-0.3, -0.25) is 0 Å². The molecular weight excluding hydrogens is 361 g/mol. The molecule has 1 unspecified atom stereocenters. The smallest absolute Gasteiger partial charge is 0.244 e. The molecular formula is C13H13BrFN3O2S. The van der Waals surface area contributed by atoms with Crippen molar-refractivity contribution in [1.29, 1.82) is 0 Å². The molecule has 1 aromatic carbocycles. The van der Waals surface area contributed by atoms with E-state index in [2.05, 4.69) is 25.6 Å². The Morgan fingerprint density at radius 2 is 2.05 bits per heavy atom. The first-order valence-corrected chi connectivity index (χ1v) is 8.26. The molecule has 0 aliphatic carbocycles. The SMILES string of the molecule is CC(NS(=O)(=O)c1cc(Br)cnc1N)c1ccccc1F. The summed E-state index contributed by atoms with van der Waals surface area (Å²) in [5, 5.41) is 0. The predicted molar refractivity (Wildman–Crippen MR) is 81.5 cm³/mol. The number of pyridine rings is 1. The molecule has 0 spiro atoms. The van der Waals surface area contributed by atoms with Gasteiger partial charge in [0.25, 0.3) is 0 Å². The second kappa shape index (κ2) is 6.08. The Balaban J connectivity index is 2.34. The van der Waals surface area contributed by atoms with Crippen LogP contribution in [0.5, 0.6) is 0 Å². The number of rotatable bonds is 4. The quantitative estimate of drug-likeness (QED) is 0.862. The zero-order chi connectivity index (χ0) is 15.6. The molecule has 0 aliphatic rings. The van der Waals surface area contributed by atoms with Crippen LogP contribution in [-0.4, -0.2) is 13.4 Å². The molecule has 0 bridgehead atoms. The predicted octanol–water partition coefficient (Wildman–Crippen LogP) is 2.60. The largest absolute Gasteiger partial charge is 0.383 e. The van der Waals surface area contributed by atoms with Gasteiger partial charge in [0.15, 0.2) is 0 Å². The summed E-state index contributed by atoms with van der Waals surface area (Å²) in [5.41, 5.74) is 5.85. The number of anilines is 1. The van der Waals surface area contributed by atoms with Gasteiger partial charge in [-0.25, -0.2) is 22.5 Å². The highest BCUT2D eigenvalue weighted by molar-refractivity contribution is 9.10. The van der Waals surface area contributed by atoms with E-state index in [-0.39, 0.29) is 16.3 Å². The van der Waals surface area contributed by atoms with E-state index in [0.29, 0.717) is 4.47 Å². The lowest BCUT2D eigenvalue weighted by atomic mass is 10.1. The molecule has 21 heavy (non-hydrogen) atoms. The van der Waals surface area contributed by atoms with E-state index >= 15 is 0 Å². The van der Waals surface area contributed by atoms with Crippen LogP contribution in [0.2, 0.25) is 0 Å². The fraction of sp³-hybridized carbons (Fsp3) is 0.154. The second-order valence-electron chi connectivity index (χ2n) is 4.40. The van der Waals surface area contributed by atoms with E-state index in [4.69, 9.17) is 5.73 Å². The fourth-order valence-electron chi connectivity index (χ4n) is 1.83. The van der Waals surface area contributed by atoms with Crippen molar-refractivity contribution >= 4 is 31.8 Å². The van der Waals surface area contributed by atoms with Gasteiger partial charge in [0.05, 0.1) is 0 Å². The molecule has 2 aromatic rings. The van der Waals surface area contributed by atoms with Gasteiger partial charge in [-0.1, -0.05) is 18.2 Å². The number of hydrogen-bond donors (Lipinski definition) is 2. The minimum absolute atomic E-state index is 0.119. The topological polar surface area (TPSA) is 85.1 Å². The number of nitrogens with zero attached hydrogens (tertiary/aromatic N) is 1. The van der Waals surface area contributed by atoms with Crippen LogP contribution in [0.1, 0.15) is 18.5 Å². The Bertz CT molecular complexity index is 768.